The highest BCUT2D eigenvalue weighted by Gasteiger charge is 2.60. The molecule has 3 atom stereocenters. The zero-order valence-corrected chi connectivity index (χ0v) is 17.4. The van der Waals surface area contributed by atoms with Crippen molar-refractivity contribution < 1.29 is 18.8 Å². The minimum Gasteiger partial charge on any atom is -0.273 e. The first-order chi connectivity index (χ1) is 15.0. The lowest BCUT2D eigenvalue weighted by Gasteiger charge is -2.29. The van der Waals surface area contributed by atoms with Crippen molar-refractivity contribution in [1.29, 1.82) is 0 Å². The van der Waals surface area contributed by atoms with Gasteiger partial charge in [-0.3, -0.25) is 14.4 Å². The minimum atomic E-state index is -1.06. The maximum Gasteiger partial charge on any atom is 0.266 e. The summed E-state index contributed by atoms with van der Waals surface area (Å²) in [5.74, 6) is -2.43. The molecule has 156 valence electrons. The molecule has 0 radical (unpaired) electrons. The van der Waals surface area contributed by atoms with Crippen LogP contribution in [-0.2, 0) is 14.4 Å². The molecule has 2 saturated heterocycles. The summed E-state index contributed by atoms with van der Waals surface area (Å²) in [7, 11) is 0. The second-order valence-corrected chi connectivity index (χ2v) is 8.16. The fourth-order valence-corrected chi connectivity index (χ4v) is 4.66. The predicted molar refractivity (Wildman–Crippen MR) is 115 cm³/mol. The summed E-state index contributed by atoms with van der Waals surface area (Å²) in [5.41, 5.74) is 1.44. The van der Waals surface area contributed by atoms with Crippen LogP contribution in [0.1, 0.15) is 11.6 Å². The van der Waals surface area contributed by atoms with Gasteiger partial charge in [0.2, 0.25) is 5.91 Å². The molecule has 2 aliphatic heterocycles. The van der Waals surface area contributed by atoms with E-state index >= 15 is 0 Å². The Kier molecular flexibility index (Phi) is 4.93. The van der Waals surface area contributed by atoms with E-state index in [2.05, 4.69) is 0 Å². The van der Waals surface area contributed by atoms with Gasteiger partial charge >= 0.3 is 0 Å². The molecule has 3 aromatic rings. The first kappa shape index (κ1) is 20.0. The molecule has 3 aromatic carbocycles. The van der Waals surface area contributed by atoms with Crippen LogP contribution < -0.4 is 9.96 Å². The maximum absolute atomic E-state index is 13.8. The summed E-state index contributed by atoms with van der Waals surface area (Å²) in [4.78, 5) is 33.6. The molecule has 5 nitrogen and oxygen atoms in total. The van der Waals surface area contributed by atoms with E-state index in [0.717, 1.165) is 11.0 Å². The van der Waals surface area contributed by atoms with Gasteiger partial charge in [-0.15, -0.1) is 0 Å². The van der Waals surface area contributed by atoms with Gasteiger partial charge < -0.3 is 0 Å². The highest BCUT2D eigenvalue weighted by Crippen LogP contribution is 2.49. The molecule has 0 aliphatic carbocycles. The second kappa shape index (κ2) is 7.64. The normalized spacial score (nSPS) is 22.9. The number of nitrogens with zero attached hydrogens (tertiary/aromatic N) is 2. The van der Waals surface area contributed by atoms with Crippen LogP contribution in [0.3, 0.4) is 0 Å². The molecule has 0 aromatic heterocycles. The third-order valence-electron chi connectivity index (χ3n) is 5.47. The van der Waals surface area contributed by atoms with Crippen molar-refractivity contribution in [2.75, 3.05) is 9.96 Å². The molecule has 0 saturated carbocycles. The SMILES string of the molecule is O=C1[C@@H]2[C@@H](ON(c3ccccc3)[C@H]2c2ccc(Cl)cc2Cl)C(=O)N1c1cccc(F)c1. The average Bonchev–Trinajstić information content (AvgIpc) is 3.25. The van der Waals surface area contributed by atoms with Crippen LogP contribution in [0.2, 0.25) is 10.0 Å². The van der Waals surface area contributed by atoms with Gasteiger partial charge in [0.05, 0.1) is 17.4 Å². The van der Waals surface area contributed by atoms with Gasteiger partial charge in [-0.2, -0.15) is 0 Å². The van der Waals surface area contributed by atoms with Crippen molar-refractivity contribution in [3.63, 3.8) is 0 Å². The molecule has 0 N–H and O–H groups in total. The summed E-state index contributed by atoms with van der Waals surface area (Å²) >= 11 is 12.5. The van der Waals surface area contributed by atoms with Crippen LogP contribution in [0, 0.1) is 11.7 Å². The minimum absolute atomic E-state index is 0.167. The highest BCUT2D eigenvalue weighted by molar-refractivity contribution is 6.35. The van der Waals surface area contributed by atoms with Crippen molar-refractivity contribution in [3.05, 3.63) is 94.2 Å². The lowest BCUT2D eigenvalue weighted by atomic mass is 9.90. The first-order valence-corrected chi connectivity index (χ1v) is 10.3. The van der Waals surface area contributed by atoms with E-state index in [4.69, 9.17) is 28.0 Å². The Hall–Kier alpha value is -2.93. The van der Waals surface area contributed by atoms with Crippen LogP contribution in [0.15, 0.2) is 72.8 Å². The van der Waals surface area contributed by atoms with E-state index in [1.807, 2.05) is 30.3 Å². The molecule has 5 rings (SSSR count). The summed E-state index contributed by atoms with van der Waals surface area (Å²) < 4.78 is 13.8. The molecule has 2 aliphatic rings. The molecule has 2 heterocycles. The van der Waals surface area contributed by atoms with Gasteiger partial charge in [-0.05, 0) is 48.0 Å². The van der Waals surface area contributed by atoms with Crippen LogP contribution in [0.25, 0.3) is 0 Å². The standard InChI is InChI=1S/C23H15Cl2FN2O3/c24-13-9-10-17(18(25)11-13)20-19-21(31-28(20)15-6-2-1-3-7-15)23(30)27(22(19)29)16-8-4-5-14(26)12-16/h1-12,19-21H/t19-,20-,21+/m0/s1. The van der Waals surface area contributed by atoms with E-state index in [1.54, 1.807) is 23.3 Å². The van der Waals surface area contributed by atoms with Crippen LogP contribution in [0.5, 0.6) is 0 Å². The smallest absolute Gasteiger partial charge is 0.266 e. The number of carbonyl (C=O) groups is 2. The van der Waals surface area contributed by atoms with Gasteiger partial charge in [0, 0.05) is 10.0 Å². The summed E-state index contributed by atoms with van der Waals surface area (Å²) in [6.07, 6.45) is -1.06. The van der Waals surface area contributed by atoms with Crippen LogP contribution in [0.4, 0.5) is 15.8 Å². The van der Waals surface area contributed by atoms with E-state index < -0.39 is 35.7 Å². The van der Waals surface area contributed by atoms with Crippen LogP contribution in [-0.4, -0.2) is 17.9 Å². The number of imide groups is 1. The molecule has 31 heavy (non-hydrogen) atoms. The van der Waals surface area contributed by atoms with Gasteiger partial charge in [0.15, 0.2) is 6.10 Å². The number of halogens is 3. The van der Waals surface area contributed by atoms with Crippen LogP contribution >= 0.6 is 23.2 Å². The number of fused-ring (bicyclic) bond motifs is 1. The molecule has 0 bridgehead atoms. The van der Waals surface area contributed by atoms with Gasteiger partial charge in [-0.1, -0.05) is 53.5 Å². The molecular formula is C23H15Cl2FN2O3. The maximum atomic E-state index is 13.8. The van der Waals surface area contributed by atoms with Crippen molar-refractivity contribution in [2.24, 2.45) is 5.92 Å². The Labute approximate surface area is 187 Å². The van der Waals surface area contributed by atoms with Crippen molar-refractivity contribution in [2.45, 2.75) is 12.1 Å². The predicted octanol–water partition coefficient (Wildman–Crippen LogP) is 5.18. The lowest BCUT2D eigenvalue weighted by molar-refractivity contribution is -0.126. The Morgan fingerprint density at radius 3 is 2.29 bits per heavy atom. The van der Waals surface area contributed by atoms with Crippen molar-refractivity contribution in [1.82, 2.24) is 0 Å². The first-order valence-electron chi connectivity index (χ1n) is 9.55. The number of carbonyl (C=O) groups excluding carboxylic acids is 2. The quantitative estimate of drug-likeness (QED) is 0.509. The number of hydrogen-bond donors (Lipinski definition) is 0. The molecule has 2 amide bonds. The largest absolute Gasteiger partial charge is 0.273 e. The molecule has 0 unspecified atom stereocenters. The monoisotopic (exact) mass is 456 g/mol. The van der Waals surface area contributed by atoms with E-state index in [0.29, 0.717) is 21.3 Å². The Balaban J connectivity index is 1.62. The van der Waals surface area contributed by atoms with Crippen molar-refractivity contribution in [3.8, 4) is 0 Å². The molecule has 2 fully saturated rings. The molecule has 8 heteroatoms. The number of benzene rings is 3. The number of rotatable bonds is 3. The summed E-state index contributed by atoms with van der Waals surface area (Å²) in [6.45, 7) is 0. The lowest BCUT2D eigenvalue weighted by Crippen LogP contribution is -2.37. The third kappa shape index (κ3) is 3.28. The Bertz CT molecular complexity index is 1190. The fourth-order valence-electron chi connectivity index (χ4n) is 4.14. The van der Waals surface area contributed by atoms with E-state index in [-0.39, 0.29) is 5.69 Å². The van der Waals surface area contributed by atoms with Gasteiger partial charge in [-0.25, -0.2) is 14.4 Å². The fraction of sp³-hybridized carbons (Fsp3) is 0.130. The number of amides is 2. The van der Waals surface area contributed by atoms with Gasteiger partial charge in [0.1, 0.15) is 11.7 Å². The third-order valence-corrected chi connectivity index (χ3v) is 6.04. The Morgan fingerprint density at radius 1 is 0.839 bits per heavy atom. The summed E-state index contributed by atoms with van der Waals surface area (Å²) in [6, 6.07) is 18.8. The summed E-state index contributed by atoms with van der Waals surface area (Å²) in [5, 5.41) is 2.35. The highest BCUT2D eigenvalue weighted by atomic mass is 35.5. The zero-order chi connectivity index (χ0) is 21.7. The number of para-hydroxylation sites is 1. The van der Waals surface area contributed by atoms with Gasteiger partial charge in [0.25, 0.3) is 5.91 Å². The van der Waals surface area contributed by atoms with E-state index in [9.17, 15) is 14.0 Å². The average molecular weight is 457 g/mol. The second-order valence-electron chi connectivity index (χ2n) is 7.32. The number of anilines is 2. The number of hydroxylamine groups is 1. The van der Waals surface area contributed by atoms with Crippen molar-refractivity contribution >= 4 is 46.4 Å². The number of hydrogen-bond acceptors (Lipinski definition) is 4. The molecular weight excluding hydrogens is 442 g/mol. The van der Waals surface area contributed by atoms with E-state index in [1.165, 1.54) is 18.2 Å². The molecule has 0 spiro atoms. The zero-order valence-electron chi connectivity index (χ0n) is 15.9. The Morgan fingerprint density at radius 2 is 1.58 bits per heavy atom. The topological polar surface area (TPSA) is 49.9 Å².